The number of hydrogen-bond acceptors (Lipinski definition) is 4. The molecule has 0 saturated carbocycles. The zero-order valence-electron chi connectivity index (χ0n) is 6.02. The van der Waals surface area contributed by atoms with Crippen molar-refractivity contribution in [3.63, 3.8) is 0 Å². The van der Waals surface area contributed by atoms with Gasteiger partial charge in [0.05, 0.1) is 11.4 Å². The Kier molecular flexibility index (Phi) is 5.42. The summed E-state index contributed by atoms with van der Waals surface area (Å²) in [5.41, 5.74) is 10.6. The number of phenols is 2. The largest absolute Gasteiger partial charge is 0.508 e. The van der Waals surface area contributed by atoms with E-state index in [0.29, 0.717) is 0 Å². The summed E-state index contributed by atoms with van der Waals surface area (Å²) in [6, 6.07) is 2.46. The maximum absolute atomic E-state index is 8.97. The molecule has 0 spiro atoms. The van der Waals surface area contributed by atoms with Gasteiger partial charge in [-0.1, -0.05) is 0 Å². The molecule has 0 amide bonds. The molecule has 0 fully saturated rings. The van der Waals surface area contributed by atoms with Gasteiger partial charge in [-0.2, -0.15) is 0 Å². The predicted octanol–water partition coefficient (Wildman–Crippen LogP) is 1.11. The van der Waals surface area contributed by atoms with Crippen LogP contribution in [0.25, 0.3) is 0 Å². The number of nitrogens with two attached hydrogens (primary N) is 2. The van der Waals surface area contributed by atoms with Crippen molar-refractivity contribution >= 4 is 36.2 Å². The highest BCUT2D eigenvalue weighted by molar-refractivity contribution is 5.85. The Bertz CT molecular complexity index is 245. The Labute approximate surface area is 82.0 Å². The SMILES string of the molecule is Cl.Cl.Nc1cc(O)cc(N)c1O. The number of hydrogen-bond donors (Lipinski definition) is 4. The van der Waals surface area contributed by atoms with Crippen LogP contribution in [-0.2, 0) is 0 Å². The van der Waals surface area contributed by atoms with Crippen molar-refractivity contribution in [1.29, 1.82) is 0 Å². The molecule has 6 heteroatoms. The number of phenolic OH excluding ortho intramolecular Hbond substituents is 2. The molecule has 0 atom stereocenters. The van der Waals surface area contributed by atoms with Gasteiger partial charge in [0.25, 0.3) is 0 Å². The van der Waals surface area contributed by atoms with Crippen molar-refractivity contribution in [2.75, 3.05) is 11.5 Å². The lowest BCUT2D eigenvalue weighted by Gasteiger charge is -2.01. The van der Waals surface area contributed by atoms with Gasteiger partial charge in [-0.05, 0) is 0 Å². The first-order chi connectivity index (χ1) is 4.61. The molecule has 0 unspecified atom stereocenters. The minimum atomic E-state index is -0.183. The molecule has 1 rings (SSSR count). The molecule has 6 N–H and O–H groups in total. The van der Waals surface area contributed by atoms with Gasteiger partial charge >= 0.3 is 0 Å². The fraction of sp³-hybridized carbons (Fsp3) is 0. The number of rotatable bonds is 0. The van der Waals surface area contributed by atoms with Crippen LogP contribution in [0, 0.1) is 0 Å². The summed E-state index contributed by atoms with van der Waals surface area (Å²) in [6.07, 6.45) is 0. The van der Waals surface area contributed by atoms with Crippen molar-refractivity contribution in [3.05, 3.63) is 12.1 Å². The number of nitrogen functional groups attached to an aromatic ring is 2. The van der Waals surface area contributed by atoms with E-state index >= 15 is 0 Å². The van der Waals surface area contributed by atoms with Gasteiger partial charge in [0.1, 0.15) is 5.75 Å². The fourth-order valence-electron chi connectivity index (χ4n) is 0.664. The fourth-order valence-corrected chi connectivity index (χ4v) is 0.664. The normalized spacial score (nSPS) is 8.00. The highest BCUT2D eigenvalue weighted by atomic mass is 35.5. The molecule has 0 aliphatic heterocycles. The molecule has 4 nitrogen and oxygen atoms in total. The third-order valence-electron chi connectivity index (χ3n) is 1.15. The summed E-state index contributed by atoms with van der Waals surface area (Å²) in [4.78, 5) is 0. The number of anilines is 2. The second-order valence-electron chi connectivity index (χ2n) is 1.97. The van der Waals surface area contributed by atoms with E-state index in [9.17, 15) is 0 Å². The first-order valence-electron chi connectivity index (χ1n) is 2.68. The van der Waals surface area contributed by atoms with E-state index in [4.69, 9.17) is 21.7 Å². The van der Waals surface area contributed by atoms with Gasteiger partial charge in [-0.3, -0.25) is 0 Å². The van der Waals surface area contributed by atoms with Crippen LogP contribution in [0.5, 0.6) is 11.5 Å². The zero-order valence-corrected chi connectivity index (χ0v) is 7.65. The Hall–Kier alpha value is -1.00. The second-order valence-corrected chi connectivity index (χ2v) is 1.97. The smallest absolute Gasteiger partial charge is 0.161 e. The van der Waals surface area contributed by atoms with E-state index in [1.807, 2.05) is 0 Å². The van der Waals surface area contributed by atoms with Gasteiger partial charge in [0, 0.05) is 12.1 Å². The molecule has 0 aromatic heterocycles. The third kappa shape index (κ3) is 2.56. The van der Waals surface area contributed by atoms with Crippen molar-refractivity contribution in [2.45, 2.75) is 0 Å². The molecule has 0 radical (unpaired) electrons. The highest BCUT2D eigenvalue weighted by Crippen LogP contribution is 2.31. The maximum atomic E-state index is 8.97. The van der Waals surface area contributed by atoms with Crippen LogP contribution in [0.1, 0.15) is 0 Å². The quantitative estimate of drug-likeness (QED) is 0.295. The van der Waals surface area contributed by atoms with Crippen molar-refractivity contribution < 1.29 is 10.2 Å². The van der Waals surface area contributed by atoms with Crippen molar-refractivity contribution in [3.8, 4) is 11.5 Å². The van der Waals surface area contributed by atoms with E-state index in [0.717, 1.165) is 0 Å². The minimum Gasteiger partial charge on any atom is -0.508 e. The molecule has 0 bridgehead atoms. The molecule has 0 heterocycles. The molecule has 0 aliphatic carbocycles. The first kappa shape index (κ1) is 13.6. The molecule has 0 aliphatic rings. The van der Waals surface area contributed by atoms with Gasteiger partial charge in [-0.15, -0.1) is 24.8 Å². The third-order valence-corrected chi connectivity index (χ3v) is 1.15. The standard InChI is InChI=1S/C6H8N2O2.2ClH/c7-4-1-3(9)2-5(8)6(4)10;;/h1-2,9-10H,7-8H2;2*1H. The predicted molar refractivity (Wildman–Crippen MR) is 53.1 cm³/mol. The van der Waals surface area contributed by atoms with Crippen LogP contribution in [0.3, 0.4) is 0 Å². The molecule has 1 aromatic rings. The van der Waals surface area contributed by atoms with Crippen LogP contribution < -0.4 is 11.5 Å². The average Bonchev–Trinajstić information content (AvgIpc) is 1.82. The van der Waals surface area contributed by atoms with E-state index in [1.165, 1.54) is 12.1 Å². The Morgan fingerprint density at radius 3 is 1.58 bits per heavy atom. The lowest BCUT2D eigenvalue weighted by atomic mass is 10.2. The second kappa shape index (κ2) is 4.79. The highest BCUT2D eigenvalue weighted by Gasteiger charge is 2.02. The zero-order chi connectivity index (χ0) is 7.72. The monoisotopic (exact) mass is 212 g/mol. The Morgan fingerprint density at radius 1 is 0.917 bits per heavy atom. The number of halogens is 2. The van der Waals surface area contributed by atoms with Crippen LogP contribution in [-0.4, -0.2) is 10.2 Å². The summed E-state index contributed by atoms with van der Waals surface area (Å²) in [5, 5.41) is 17.8. The summed E-state index contributed by atoms with van der Waals surface area (Å²) in [5.74, 6) is -0.231. The molecule has 1 aromatic carbocycles. The van der Waals surface area contributed by atoms with Gasteiger partial charge in [-0.25, -0.2) is 0 Å². The summed E-state index contributed by atoms with van der Waals surface area (Å²) in [7, 11) is 0. The average molecular weight is 213 g/mol. The van der Waals surface area contributed by atoms with Gasteiger partial charge in [0.2, 0.25) is 0 Å². The number of benzene rings is 1. The van der Waals surface area contributed by atoms with E-state index in [2.05, 4.69) is 0 Å². The molecular weight excluding hydrogens is 203 g/mol. The van der Waals surface area contributed by atoms with E-state index in [-0.39, 0.29) is 47.7 Å². The van der Waals surface area contributed by atoms with Crippen LogP contribution in [0.2, 0.25) is 0 Å². The van der Waals surface area contributed by atoms with Crippen LogP contribution in [0.15, 0.2) is 12.1 Å². The Balaban J connectivity index is 0. The maximum Gasteiger partial charge on any atom is 0.161 e. The summed E-state index contributed by atoms with van der Waals surface area (Å²) >= 11 is 0. The molecule has 70 valence electrons. The van der Waals surface area contributed by atoms with Crippen LogP contribution >= 0.6 is 24.8 Å². The van der Waals surface area contributed by atoms with Crippen LogP contribution in [0.4, 0.5) is 11.4 Å². The summed E-state index contributed by atoms with van der Waals surface area (Å²) < 4.78 is 0. The van der Waals surface area contributed by atoms with E-state index in [1.54, 1.807) is 0 Å². The van der Waals surface area contributed by atoms with Gasteiger partial charge in [0.15, 0.2) is 5.75 Å². The number of aromatic hydroxyl groups is 2. The Morgan fingerprint density at radius 2 is 1.25 bits per heavy atom. The molecule has 0 saturated heterocycles. The van der Waals surface area contributed by atoms with E-state index < -0.39 is 0 Å². The molecule has 12 heavy (non-hydrogen) atoms. The van der Waals surface area contributed by atoms with Gasteiger partial charge < -0.3 is 21.7 Å². The topological polar surface area (TPSA) is 92.5 Å². The first-order valence-corrected chi connectivity index (χ1v) is 2.68. The lowest BCUT2D eigenvalue weighted by molar-refractivity contribution is 0.464. The minimum absolute atomic E-state index is 0. The summed E-state index contributed by atoms with van der Waals surface area (Å²) in [6.45, 7) is 0. The molecular formula is C6H10Cl2N2O2. The van der Waals surface area contributed by atoms with Crippen molar-refractivity contribution in [1.82, 2.24) is 0 Å². The lowest BCUT2D eigenvalue weighted by Crippen LogP contribution is -1.90. The van der Waals surface area contributed by atoms with Crippen molar-refractivity contribution in [2.24, 2.45) is 0 Å².